The Labute approximate surface area is 427 Å². The van der Waals surface area contributed by atoms with Crippen LogP contribution in [0.1, 0.15) is 181 Å². The molecule has 0 aromatic rings. The topological polar surface area (TPSA) is 78.9 Å². The van der Waals surface area contributed by atoms with Crippen molar-refractivity contribution in [3.05, 3.63) is 182 Å². The van der Waals surface area contributed by atoms with Gasteiger partial charge in [0, 0.05) is 19.3 Å². The van der Waals surface area contributed by atoms with Gasteiger partial charge in [0.05, 0.1) is 0 Å². The molecule has 0 saturated carbocycles. The van der Waals surface area contributed by atoms with Crippen molar-refractivity contribution in [1.82, 2.24) is 0 Å². The molecule has 0 aliphatic heterocycles. The van der Waals surface area contributed by atoms with Gasteiger partial charge in [-0.25, -0.2) is 0 Å². The molecule has 0 aliphatic carbocycles. The predicted molar refractivity (Wildman–Crippen MR) is 301 cm³/mol. The van der Waals surface area contributed by atoms with Crippen molar-refractivity contribution in [2.45, 2.75) is 187 Å². The highest BCUT2D eigenvalue weighted by atomic mass is 16.6. The van der Waals surface area contributed by atoms with Crippen LogP contribution in [0.3, 0.4) is 0 Å². The molecule has 1 unspecified atom stereocenters. The second-order valence-corrected chi connectivity index (χ2v) is 16.8. The van der Waals surface area contributed by atoms with Crippen LogP contribution in [-0.2, 0) is 28.6 Å². The summed E-state index contributed by atoms with van der Waals surface area (Å²) < 4.78 is 16.7. The van der Waals surface area contributed by atoms with E-state index in [1.807, 2.05) is 72.9 Å². The van der Waals surface area contributed by atoms with Crippen molar-refractivity contribution in [3.8, 4) is 0 Å². The highest BCUT2D eigenvalue weighted by Crippen LogP contribution is 2.12. The lowest BCUT2D eigenvalue weighted by Gasteiger charge is -2.18. The lowest BCUT2D eigenvalue weighted by atomic mass is 10.1. The molecule has 0 N–H and O–H groups in total. The fourth-order valence-electron chi connectivity index (χ4n) is 6.39. The Balaban J connectivity index is 4.65. The Hall–Kier alpha value is -5.49. The molecule has 0 aromatic carbocycles. The summed E-state index contributed by atoms with van der Waals surface area (Å²) in [5, 5.41) is 0. The van der Waals surface area contributed by atoms with E-state index >= 15 is 0 Å². The summed E-state index contributed by atoms with van der Waals surface area (Å²) in [5.74, 6) is -1.10. The molecule has 0 rings (SSSR count). The molecule has 0 bridgehead atoms. The maximum atomic E-state index is 12.8. The second-order valence-electron chi connectivity index (χ2n) is 16.8. The van der Waals surface area contributed by atoms with E-state index in [0.29, 0.717) is 19.3 Å². The monoisotopic (exact) mass is 959 g/mol. The van der Waals surface area contributed by atoms with Crippen molar-refractivity contribution in [3.63, 3.8) is 0 Å². The van der Waals surface area contributed by atoms with Gasteiger partial charge in [0.1, 0.15) is 13.2 Å². The number of carbonyl (C=O) groups is 3. The third-order valence-corrected chi connectivity index (χ3v) is 10.3. The Morgan fingerprint density at radius 3 is 1.07 bits per heavy atom. The maximum absolute atomic E-state index is 12.8. The zero-order valence-corrected chi connectivity index (χ0v) is 43.9. The summed E-state index contributed by atoms with van der Waals surface area (Å²) in [6.45, 7) is 6.12. The van der Waals surface area contributed by atoms with E-state index in [0.717, 1.165) is 116 Å². The van der Waals surface area contributed by atoms with Crippen LogP contribution in [0.4, 0.5) is 0 Å². The van der Waals surface area contributed by atoms with E-state index in [1.165, 1.54) is 12.8 Å². The van der Waals surface area contributed by atoms with Gasteiger partial charge in [-0.15, -0.1) is 0 Å². The second kappa shape index (κ2) is 56.1. The summed E-state index contributed by atoms with van der Waals surface area (Å²) in [6, 6.07) is 0. The first-order valence-electron chi connectivity index (χ1n) is 26.9. The van der Waals surface area contributed by atoms with Crippen LogP contribution >= 0.6 is 0 Å². The summed E-state index contributed by atoms with van der Waals surface area (Å²) in [4.78, 5) is 38.1. The number of allylic oxidation sites excluding steroid dienone is 30. The molecule has 6 nitrogen and oxygen atoms in total. The molecular weight excluding hydrogens is 865 g/mol. The van der Waals surface area contributed by atoms with Gasteiger partial charge in [0.2, 0.25) is 0 Å². The number of unbranched alkanes of at least 4 members (excludes halogenated alkanes) is 9. The number of esters is 3. The average Bonchev–Trinajstić information content (AvgIpc) is 3.36. The largest absolute Gasteiger partial charge is 0.462 e. The summed E-state index contributed by atoms with van der Waals surface area (Å²) in [7, 11) is 0. The van der Waals surface area contributed by atoms with Gasteiger partial charge in [-0.1, -0.05) is 235 Å². The molecule has 0 aliphatic rings. The van der Waals surface area contributed by atoms with Gasteiger partial charge in [-0.3, -0.25) is 14.4 Å². The molecule has 0 heterocycles. The predicted octanol–water partition coefficient (Wildman–Crippen LogP) is 18.1. The van der Waals surface area contributed by atoms with Gasteiger partial charge in [-0.2, -0.15) is 0 Å². The van der Waals surface area contributed by atoms with Gasteiger partial charge in [0.25, 0.3) is 0 Å². The summed E-state index contributed by atoms with van der Waals surface area (Å²) in [6.07, 6.45) is 84.5. The van der Waals surface area contributed by atoms with Crippen molar-refractivity contribution < 1.29 is 28.6 Å². The minimum atomic E-state index is -0.849. The summed E-state index contributed by atoms with van der Waals surface area (Å²) in [5.41, 5.74) is 0. The summed E-state index contributed by atoms with van der Waals surface area (Å²) >= 11 is 0. The lowest BCUT2D eigenvalue weighted by Crippen LogP contribution is -2.30. The Kier molecular flexibility index (Phi) is 51.7. The average molecular weight is 959 g/mol. The van der Waals surface area contributed by atoms with Crippen molar-refractivity contribution >= 4 is 17.9 Å². The van der Waals surface area contributed by atoms with Crippen molar-refractivity contribution in [1.29, 1.82) is 0 Å². The van der Waals surface area contributed by atoms with Crippen molar-refractivity contribution in [2.24, 2.45) is 0 Å². The number of carbonyl (C=O) groups excluding carboxylic acids is 3. The van der Waals surface area contributed by atoms with E-state index in [2.05, 4.69) is 130 Å². The van der Waals surface area contributed by atoms with Crippen LogP contribution < -0.4 is 0 Å². The first kappa shape index (κ1) is 64.5. The fraction of sp³-hybridized carbons (Fsp3) is 0.484. The highest BCUT2D eigenvalue weighted by Gasteiger charge is 2.19. The number of hydrogen-bond donors (Lipinski definition) is 0. The smallest absolute Gasteiger partial charge is 0.306 e. The van der Waals surface area contributed by atoms with Gasteiger partial charge in [0.15, 0.2) is 6.10 Å². The first-order valence-corrected chi connectivity index (χ1v) is 26.9. The number of ether oxygens (including phenoxy) is 3. The van der Waals surface area contributed by atoms with Crippen molar-refractivity contribution in [2.75, 3.05) is 13.2 Å². The standard InChI is InChI=1S/C64H94O6/c1-4-7-10-13-16-19-22-25-28-31-32-34-36-39-42-45-48-51-54-57-63(66)69-60-61(59-68-62(65)56-53-50-47-44-41-38-35-30-27-24-21-18-15-12-9-6-3)70-64(67)58-55-52-49-46-43-40-37-33-29-26-23-20-17-14-11-8-5-2/h7-12,14,16-21,23,25-30,32-34,37-38,40-41,43,47,50,61H,4-6,13,15,22,24,31,35-36,39,42,44-46,48-49,51-60H2,1-3H3/b10-7-,11-8-,12-9-,17-14-,19-16-,21-18-,23-20-,28-25-,29-26-,30-27-,34-32-,37-33+,41-38-,43-40-,50-47-. The molecule has 0 aromatic heterocycles. The Morgan fingerprint density at radius 2 is 0.614 bits per heavy atom. The lowest BCUT2D eigenvalue weighted by molar-refractivity contribution is -0.166. The molecule has 70 heavy (non-hydrogen) atoms. The molecule has 386 valence electrons. The van der Waals surface area contributed by atoms with Crippen LogP contribution in [0.15, 0.2) is 182 Å². The van der Waals surface area contributed by atoms with E-state index in [4.69, 9.17) is 14.2 Å². The molecule has 0 amide bonds. The molecule has 1 atom stereocenters. The molecule has 0 fully saturated rings. The highest BCUT2D eigenvalue weighted by molar-refractivity contribution is 5.71. The molecule has 0 spiro atoms. The van der Waals surface area contributed by atoms with Crippen LogP contribution in [0.25, 0.3) is 0 Å². The minimum Gasteiger partial charge on any atom is -0.462 e. The normalized spacial score (nSPS) is 13.6. The third-order valence-electron chi connectivity index (χ3n) is 10.3. The van der Waals surface area contributed by atoms with Crippen LogP contribution in [0.5, 0.6) is 0 Å². The molecule has 0 saturated heterocycles. The van der Waals surface area contributed by atoms with Crippen LogP contribution in [0.2, 0.25) is 0 Å². The molecular formula is C64H94O6. The van der Waals surface area contributed by atoms with Crippen LogP contribution in [0, 0.1) is 0 Å². The maximum Gasteiger partial charge on any atom is 0.306 e. The zero-order chi connectivity index (χ0) is 50.7. The fourth-order valence-corrected chi connectivity index (χ4v) is 6.39. The SMILES string of the molecule is CC\C=C/C=C\C=C/C=C\C=C\C=C/CCCCCC(=O)OC(COC(=O)CC/C=C\C/C=C\C/C=C\C/C=C\C/C=C\CC)COC(=O)CCCCCCCC/C=C\C/C=C\C/C=C\C/C=C\CC. The van der Waals surface area contributed by atoms with Gasteiger partial charge in [-0.05, 0) is 109 Å². The third kappa shape index (κ3) is 53.5. The number of hydrogen-bond acceptors (Lipinski definition) is 6. The Bertz CT molecular complexity index is 1720. The van der Waals surface area contributed by atoms with Gasteiger partial charge >= 0.3 is 17.9 Å². The van der Waals surface area contributed by atoms with E-state index in [-0.39, 0.29) is 44.0 Å². The molecule has 0 radical (unpaired) electrons. The minimum absolute atomic E-state index is 0.137. The Morgan fingerprint density at radius 1 is 0.300 bits per heavy atom. The quantitative estimate of drug-likeness (QED) is 0.0199. The van der Waals surface area contributed by atoms with Gasteiger partial charge < -0.3 is 14.2 Å². The first-order chi connectivity index (χ1) is 34.5. The van der Waals surface area contributed by atoms with E-state index < -0.39 is 6.10 Å². The number of rotatable bonds is 45. The van der Waals surface area contributed by atoms with E-state index in [9.17, 15) is 14.4 Å². The van der Waals surface area contributed by atoms with Crippen LogP contribution in [-0.4, -0.2) is 37.2 Å². The van der Waals surface area contributed by atoms with E-state index in [1.54, 1.807) is 0 Å². The zero-order valence-electron chi connectivity index (χ0n) is 43.9. The molecule has 6 heteroatoms.